The summed E-state index contributed by atoms with van der Waals surface area (Å²) in [6, 6.07) is 25.7. The molecule has 0 heterocycles. The zero-order valence-corrected chi connectivity index (χ0v) is 18.9. The molecule has 5 nitrogen and oxygen atoms in total. The number of rotatable bonds is 5. The number of sulfone groups is 1. The lowest BCUT2D eigenvalue weighted by atomic mass is 9.98. The summed E-state index contributed by atoms with van der Waals surface area (Å²) in [4.78, 5) is -1.41. The van der Waals surface area contributed by atoms with Crippen LogP contribution in [0.15, 0.2) is 112 Å². The number of hydrogen-bond donors (Lipinski definition) is 1. The highest BCUT2D eigenvalue weighted by Gasteiger charge is 2.33. The van der Waals surface area contributed by atoms with Crippen molar-refractivity contribution in [2.75, 3.05) is 0 Å². The van der Waals surface area contributed by atoms with Crippen LogP contribution in [-0.4, -0.2) is 21.4 Å². The first-order chi connectivity index (χ1) is 15.2. The maximum Gasteiger partial charge on any atom is 0.296 e. The first-order valence-electron chi connectivity index (χ1n) is 9.46. The van der Waals surface area contributed by atoms with Crippen LogP contribution >= 0.6 is 11.6 Å². The summed E-state index contributed by atoms with van der Waals surface area (Å²) in [6.07, 6.45) is 0. The zero-order valence-electron chi connectivity index (χ0n) is 16.5. The maximum atomic E-state index is 13.6. The molecule has 0 atom stereocenters. The van der Waals surface area contributed by atoms with Crippen LogP contribution in [0.1, 0.15) is 0 Å². The van der Waals surface area contributed by atoms with E-state index in [1.807, 2.05) is 0 Å². The summed E-state index contributed by atoms with van der Waals surface area (Å²) in [7, 11) is -9.32. The highest BCUT2D eigenvalue weighted by molar-refractivity contribution is 7.93. The van der Waals surface area contributed by atoms with Gasteiger partial charge in [0.05, 0.1) is 14.8 Å². The first kappa shape index (κ1) is 22.2. The van der Waals surface area contributed by atoms with Gasteiger partial charge in [-0.05, 0) is 29.3 Å². The molecule has 0 aliphatic carbocycles. The van der Waals surface area contributed by atoms with Gasteiger partial charge in [-0.2, -0.15) is 8.42 Å². The van der Waals surface area contributed by atoms with Crippen molar-refractivity contribution in [2.24, 2.45) is 0 Å². The highest BCUT2D eigenvalue weighted by Crippen LogP contribution is 2.45. The Hall–Kier alpha value is -2.97. The Labute approximate surface area is 191 Å². The summed E-state index contributed by atoms with van der Waals surface area (Å²) in [5.41, 5.74) is 1.20. The van der Waals surface area contributed by atoms with Crippen molar-refractivity contribution in [3.63, 3.8) is 0 Å². The van der Waals surface area contributed by atoms with Gasteiger partial charge in [0.2, 0.25) is 9.84 Å². The van der Waals surface area contributed by atoms with Gasteiger partial charge in [0, 0.05) is 11.1 Å². The number of hydrogen-bond acceptors (Lipinski definition) is 4. The van der Waals surface area contributed by atoms with E-state index in [-0.39, 0.29) is 15.5 Å². The Kier molecular flexibility index (Phi) is 5.92. The van der Waals surface area contributed by atoms with E-state index < -0.39 is 29.7 Å². The van der Waals surface area contributed by atoms with E-state index in [1.54, 1.807) is 66.7 Å². The third-order valence-electron chi connectivity index (χ3n) is 4.93. The minimum absolute atomic E-state index is 0.0158. The molecular formula is C24H17ClO5S2. The van der Waals surface area contributed by atoms with Crippen LogP contribution in [-0.2, 0) is 20.0 Å². The molecular weight excluding hydrogens is 468 g/mol. The molecule has 0 spiro atoms. The summed E-state index contributed by atoms with van der Waals surface area (Å²) >= 11 is 6.69. The molecule has 0 bridgehead atoms. The molecule has 32 heavy (non-hydrogen) atoms. The van der Waals surface area contributed by atoms with Crippen LogP contribution in [0.2, 0.25) is 5.02 Å². The fraction of sp³-hybridized carbons (Fsp3) is 0. The van der Waals surface area contributed by atoms with Crippen LogP contribution in [0.25, 0.3) is 22.3 Å². The predicted molar refractivity (Wildman–Crippen MR) is 124 cm³/mol. The molecule has 0 aliphatic heterocycles. The average molecular weight is 485 g/mol. The maximum absolute atomic E-state index is 13.6. The van der Waals surface area contributed by atoms with E-state index in [9.17, 15) is 21.4 Å². The van der Waals surface area contributed by atoms with Crippen molar-refractivity contribution in [3.05, 3.63) is 102 Å². The topological polar surface area (TPSA) is 88.5 Å². The molecule has 1 N–H and O–H groups in total. The molecule has 4 aromatic rings. The van der Waals surface area contributed by atoms with Gasteiger partial charge in [-0.15, -0.1) is 0 Å². The molecule has 0 unspecified atom stereocenters. The zero-order chi connectivity index (χ0) is 22.9. The Morgan fingerprint density at radius 2 is 1.12 bits per heavy atom. The van der Waals surface area contributed by atoms with Crippen molar-refractivity contribution in [3.8, 4) is 22.3 Å². The van der Waals surface area contributed by atoms with Gasteiger partial charge in [-0.3, -0.25) is 4.55 Å². The molecule has 0 amide bonds. The van der Waals surface area contributed by atoms with Crippen molar-refractivity contribution >= 4 is 31.6 Å². The average Bonchev–Trinajstić information content (AvgIpc) is 2.79. The molecule has 8 heteroatoms. The van der Waals surface area contributed by atoms with Crippen molar-refractivity contribution in [1.29, 1.82) is 0 Å². The molecule has 162 valence electrons. The van der Waals surface area contributed by atoms with E-state index in [0.29, 0.717) is 16.7 Å². The third kappa shape index (κ3) is 4.08. The number of benzene rings is 4. The SMILES string of the molecule is O=S(=O)(O)c1c(S(=O)(=O)c2ccccc2)cc(-c2ccccc2)c(Cl)c1-c1ccccc1. The number of halogens is 1. The second-order valence-corrected chi connectivity index (χ2v) is 10.6. The van der Waals surface area contributed by atoms with E-state index in [4.69, 9.17) is 11.6 Å². The Bertz CT molecular complexity index is 1480. The second kappa shape index (κ2) is 8.52. The van der Waals surface area contributed by atoms with E-state index in [1.165, 1.54) is 30.3 Å². The van der Waals surface area contributed by atoms with Crippen molar-refractivity contribution in [1.82, 2.24) is 0 Å². The first-order valence-corrected chi connectivity index (χ1v) is 12.8. The molecule has 0 saturated carbocycles. The largest absolute Gasteiger partial charge is 0.296 e. The van der Waals surface area contributed by atoms with E-state index in [0.717, 1.165) is 0 Å². The van der Waals surface area contributed by atoms with Crippen LogP contribution in [0.5, 0.6) is 0 Å². The summed E-state index contributed by atoms with van der Waals surface area (Å²) in [5.74, 6) is 0. The fourth-order valence-corrected chi connectivity index (χ4v) is 6.74. The van der Waals surface area contributed by atoms with Crippen LogP contribution in [0.4, 0.5) is 0 Å². The van der Waals surface area contributed by atoms with Gasteiger partial charge >= 0.3 is 0 Å². The van der Waals surface area contributed by atoms with Gasteiger partial charge in [-0.25, -0.2) is 8.42 Å². The minimum atomic E-state index is -4.99. The molecule has 4 aromatic carbocycles. The van der Waals surface area contributed by atoms with Gasteiger partial charge in [0.1, 0.15) is 4.90 Å². The minimum Gasteiger partial charge on any atom is -0.282 e. The van der Waals surface area contributed by atoms with Crippen LogP contribution < -0.4 is 0 Å². The van der Waals surface area contributed by atoms with Crippen LogP contribution in [0.3, 0.4) is 0 Å². The standard InChI is InChI=1S/C24H17ClO5S2/c25-23-20(17-10-4-1-5-11-17)16-21(31(26,27)19-14-8-3-9-15-19)24(32(28,29)30)22(23)18-12-6-2-7-13-18/h1-16H,(H,28,29,30). The Balaban J connectivity index is 2.21. The monoisotopic (exact) mass is 484 g/mol. The fourth-order valence-electron chi connectivity index (χ4n) is 3.49. The van der Waals surface area contributed by atoms with Crippen molar-refractivity contribution in [2.45, 2.75) is 14.7 Å². The third-order valence-corrected chi connectivity index (χ3v) is 8.19. The second-order valence-electron chi connectivity index (χ2n) is 6.96. The van der Waals surface area contributed by atoms with Crippen molar-refractivity contribution < 1.29 is 21.4 Å². The molecule has 0 radical (unpaired) electrons. The van der Waals surface area contributed by atoms with Gasteiger partial charge in [0.15, 0.2) is 0 Å². The van der Waals surface area contributed by atoms with Gasteiger partial charge in [-0.1, -0.05) is 90.5 Å². The summed E-state index contributed by atoms with van der Waals surface area (Å²) in [6.45, 7) is 0. The molecule has 0 saturated heterocycles. The molecule has 0 aromatic heterocycles. The normalized spacial score (nSPS) is 11.9. The lowest BCUT2D eigenvalue weighted by molar-refractivity contribution is 0.480. The molecule has 0 aliphatic rings. The summed E-state index contributed by atoms with van der Waals surface area (Å²) in [5, 5.41) is 0.0158. The Morgan fingerprint density at radius 1 is 0.656 bits per heavy atom. The Morgan fingerprint density at radius 3 is 1.62 bits per heavy atom. The van der Waals surface area contributed by atoms with E-state index >= 15 is 0 Å². The highest BCUT2D eigenvalue weighted by atomic mass is 35.5. The van der Waals surface area contributed by atoms with Gasteiger partial charge < -0.3 is 0 Å². The molecule has 0 fully saturated rings. The smallest absolute Gasteiger partial charge is 0.282 e. The van der Waals surface area contributed by atoms with Gasteiger partial charge in [0.25, 0.3) is 10.1 Å². The lowest BCUT2D eigenvalue weighted by Crippen LogP contribution is -2.12. The lowest BCUT2D eigenvalue weighted by Gasteiger charge is -2.19. The quantitative estimate of drug-likeness (QED) is 0.364. The predicted octanol–water partition coefficient (Wildman–Crippen LogP) is 5.75. The summed E-state index contributed by atoms with van der Waals surface area (Å²) < 4.78 is 62.4. The van der Waals surface area contributed by atoms with E-state index in [2.05, 4.69) is 0 Å². The van der Waals surface area contributed by atoms with Crippen LogP contribution in [0, 0.1) is 0 Å². The molecule has 4 rings (SSSR count).